The van der Waals surface area contributed by atoms with E-state index < -0.39 is 0 Å². The van der Waals surface area contributed by atoms with Crippen LogP contribution in [0.15, 0.2) is 85.1 Å². The number of esters is 1. The van der Waals surface area contributed by atoms with Gasteiger partial charge in [0, 0.05) is 29.6 Å². The maximum Gasteiger partial charge on any atom is 0.307 e. The molecule has 0 saturated heterocycles. The number of hydrogen-bond acceptors (Lipinski definition) is 4. The predicted octanol–water partition coefficient (Wildman–Crippen LogP) is 5.19. The van der Waals surface area contributed by atoms with Gasteiger partial charge in [0.25, 0.3) is 0 Å². The number of methoxy groups -OCH3 is 1. The van der Waals surface area contributed by atoms with Crippen molar-refractivity contribution in [3.8, 4) is 28.1 Å². The molecule has 3 N–H and O–H groups in total. The van der Waals surface area contributed by atoms with E-state index in [-0.39, 0.29) is 18.2 Å². The maximum atomic E-state index is 11.7. The summed E-state index contributed by atoms with van der Waals surface area (Å²) >= 11 is 5.76. The number of ether oxygens (including phenoxy) is 1. The summed E-state index contributed by atoms with van der Waals surface area (Å²) in [5.74, 6) is -0.218. The number of amidine groups is 1. The topological polar surface area (TPSA) is 86.0 Å². The highest BCUT2D eigenvalue weighted by molar-refractivity contribution is 7.71. The van der Waals surface area contributed by atoms with Gasteiger partial charge in [-0.15, -0.1) is 0 Å². The lowest BCUT2D eigenvalue weighted by molar-refractivity contribution is -0.140. The maximum absolute atomic E-state index is 11.7. The molecule has 0 aliphatic carbocycles. The SMILES string of the molecule is COC(=O)CCn1cc(-c2ccc(-c3ccc(C(=N)N)cc3)cc2)n(-c2ccccc2)c1=S. The summed E-state index contributed by atoms with van der Waals surface area (Å²) < 4.78 is 9.32. The first-order chi connectivity index (χ1) is 16.0. The van der Waals surface area contributed by atoms with Crippen molar-refractivity contribution in [2.45, 2.75) is 13.0 Å². The van der Waals surface area contributed by atoms with Crippen molar-refractivity contribution in [2.24, 2.45) is 5.73 Å². The van der Waals surface area contributed by atoms with Gasteiger partial charge in [0.05, 0.1) is 19.2 Å². The van der Waals surface area contributed by atoms with Crippen LogP contribution >= 0.6 is 12.2 Å². The van der Waals surface area contributed by atoms with E-state index in [4.69, 9.17) is 28.1 Å². The molecule has 0 atom stereocenters. The fraction of sp³-hybridized carbons (Fsp3) is 0.115. The minimum absolute atomic E-state index is 0.0544. The average Bonchev–Trinajstić information content (AvgIpc) is 3.19. The molecule has 1 heterocycles. The van der Waals surface area contributed by atoms with Gasteiger partial charge in [0.2, 0.25) is 0 Å². The number of nitrogen functional groups attached to an aromatic ring is 1. The second kappa shape index (κ2) is 9.67. The minimum Gasteiger partial charge on any atom is -0.469 e. The molecule has 0 aliphatic rings. The van der Waals surface area contributed by atoms with Gasteiger partial charge in [-0.05, 0) is 35.5 Å². The van der Waals surface area contributed by atoms with Gasteiger partial charge in [0.1, 0.15) is 5.84 Å². The molecule has 0 bridgehead atoms. The van der Waals surface area contributed by atoms with Crippen LogP contribution in [-0.2, 0) is 16.1 Å². The summed E-state index contributed by atoms with van der Waals surface area (Å²) in [6, 6.07) is 25.8. The van der Waals surface area contributed by atoms with E-state index >= 15 is 0 Å². The van der Waals surface area contributed by atoms with Crippen LogP contribution in [0.25, 0.3) is 28.1 Å². The van der Waals surface area contributed by atoms with Crippen LogP contribution in [0.1, 0.15) is 12.0 Å². The number of nitrogens with zero attached hydrogens (tertiary/aromatic N) is 2. The van der Waals surface area contributed by atoms with E-state index in [1.54, 1.807) is 0 Å². The molecule has 4 rings (SSSR count). The van der Waals surface area contributed by atoms with Crippen LogP contribution in [0.5, 0.6) is 0 Å². The van der Waals surface area contributed by atoms with Gasteiger partial charge in [-0.25, -0.2) is 0 Å². The molecule has 0 unspecified atom stereocenters. The zero-order valence-electron chi connectivity index (χ0n) is 18.2. The smallest absolute Gasteiger partial charge is 0.307 e. The molecule has 0 spiro atoms. The Morgan fingerprint density at radius 2 is 1.52 bits per heavy atom. The third-order valence-electron chi connectivity index (χ3n) is 5.46. The summed E-state index contributed by atoms with van der Waals surface area (Å²) in [7, 11) is 1.39. The summed E-state index contributed by atoms with van der Waals surface area (Å²) in [6.45, 7) is 0.443. The highest BCUT2D eigenvalue weighted by Crippen LogP contribution is 2.28. The molecule has 166 valence electrons. The second-order valence-corrected chi connectivity index (χ2v) is 7.92. The van der Waals surface area contributed by atoms with Gasteiger partial charge in [-0.1, -0.05) is 66.7 Å². The van der Waals surface area contributed by atoms with E-state index in [2.05, 4.69) is 24.3 Å². The number of carbonyl (C=O) groups is 1. The Hall–Kier alpha value is -3.97. The zero-order valence-corrected chi connectivity index (χ0v) is 19.0. The van der Waals surface area contributed by atoms with Gasteiger partial charge in [0.15, 0.2) is 4.77 Å². The third kappa shape index (κ3) is 4.78. The van der Waals surface area contributed by atoms with E-state index in [0.29, 0.717) is 16.9 Å². The number of para-hydroxylation sites is 1. The number of imidazole rings is 1. The molecule has 0 saturated carbocycles. The van der Waals surface area contributed by atoms with Crippen LogP contribution in [-0.4, -0.2) is 28.0 Å². The van der Waals surface area contributed by atoms with E-state index in [1.165, 1.54) is 7.11 Å². The Labute approximate surface area is 197 Å². The van der Waals surface area contributed by atoms with Crippen LogP contribution in [0.4, 0.5) is 0 Å². The third-order valence-corrected chi connectivity index (χ3v) is 5.88. The molecule has 33 heavy (non-hydrogen) atoms. The highest BCUT2D eigenvalue weighted by Gasteiger charge is 2.14. The summed E-state index contributed by atoms with van der Waals surface area (Å²) in [4.78, 5) is 11.7. The largest absolute Gasteiger partial charge is 0.469 e. The number of nitrogens with two attached hydrogens (primary N) is 1. The number of carbonyl (C=O) groups excluding carboxylic acids is 1. The van der Waals surface area contributed by atoms with Crippen molar-refractivity contribution >= 4 is 24.0 Å². The first-order valence-electron chi connectivity index (χ1n) is 10.5. The second-order valence-electron chi connectivity index (χ2n) is 7.56. The molecule has 0 aliphatic heterocycles. The van der Waals surface area contributed by atoms with Crippen molar-refractivity contribution < 1.29 is 9.53 Å². The minimum atomic E-state index is -0.272. The lowest BCUT2D eigenvalue weighted by Crippen LogP contribution is -2.10. The van der Waals surface area contributed by atoms with Crippen molar-refractivity contribution in [2.75, 3.05) is 7.11 Å². The Bertz CT molecular complexity index is 1340. The molecule has 6 nitrogen and oxygen atoms in total. The average molecular weight is 457 g/mol. The lowest BCUT2D eigenvalue weighted by atomic mass is 10.0. The fourth-order valence-corrected chi connectivity index (χ4v) is 4.02. The van der Waals surface area contributed by atoms with Gasteiger partial charge < -0.3 is 15.0 Å². The fourth-order valence-electron chi connectivity index (χ4n) is 3.67. The van der Waals surface area contributed by atoms with Crippen LogP contribution in [0.3, 0.4) is 0 Å². The van der Waals surface area contributed by atoms with E-state index in [0.717, 1.165) is 28.1 Å². The standard InChI is InChI=1S/C26H24N4O2S/c1-32-24(31)15-16-29-17-23(30(26(29)33)22-5-3-2-4-6-22)20-11-7-18(8-12-20)19-9-13-21(14-10-19)25(27)28/h2-14,17H,15-16H2,1H3,(H3,27,28). The van der Waals surface area contributed by atoms with Crippen molar-refractivity contribution in [1.29, 1.82) is 5.41 Å². The van der Waals surface area contributed by atoms with Crippen molar-refractivity contribution in [1.82, 2.24) is 9.13 Å². The van der Waals surface area contributed by atoms with E-state index in [1.807, 2.05) is 69.9 Å². The molecule has 1 aromatic heterocycles. The number of hydrogen-bond donors (Lipinski definition) is 2. The Morgan fingerprint density at radius 1 is 0.939 bits per heavy atom. The first kappa shape index (κ1) is 22.2. The molecule has 0 radical (unpaired) electrons. The number of aryl methyl sites for hydroxylation is 1. The predicted molar refractivity (Wildman–Crippen MR) is 133 cm³/mol. The number of benzene rings is 3. The van der Waals surface area contributed by atoms with E-state index in [9.17, 15) is 4.79 Å². The lowest BCUT2D eigenvalue weighted by Gasteiger charge is -2.10. The Kier molecular flexibility index (Phi) is 6.51. The van der Waals surface area contributed by atoms with Gasteiger partial charge in [-0.2, -0.15) is 0 Å². The summed E-state index contributed by atoms with van der Waals surface area (Å²) in [6.07, 6.45) is 2.23. The van der Waals surface area contributed by atoms with Gasteiger partial charge >= 0.3 is 5.97 Å². The van der Waals surface area contributed by atoms with Crippen LogP contribution in [0.2, 0.25) is 0 Å². The van der Waals surface area contributed by atoms with Crippen LogP contribution < -0.4 is 5.73 Å². The summed E-state index contributed by atoms with van der Waals surface area (Å²) in [5.41, 5.74) is 11.3. The monoisotopic (exact) mass is 456 g/mol. The molecular formula is C26H24N4O2S. The zero-order chi connectivity index (χ0) is 23.4. The Morgan fingerprint density at radius 3 is 2.09 bits per heavy atom. The Balaban J connectivity index is 1.72. The molecule has 0 fully saturated rings. The van der Waals surface area contributed by atoms with Crippen molar-refractivity contribution in [3.05, 3.63) is 95.4 Å². The normalized spacial score (nSPS) is 10.7. The number of rotatable bonds is 7. The molecular weight excluding hydrogens is 432 g/mol. The highest BCUT2D eigenvalue weighted by atomic mass is 32.1. The van der Waals surface area contributed by atoms with Crippen LogP contribution in [0, 0.1) is 10.2 Å². The number of nitrogens with one attached hydrogen (secondary N) is 1. The molecule has 3 aromatic carbocycles. The van der Waals surface area contributed by atoms with Gasteiger partial charge in [-0.3, -0.25) is 14.8 Å². The number of aromatic nitrogens is 2. The molecule has 4 aromatic rings. The molecule has 0 amide bonds. The van der Waals surface area contributed by atoms with Crippen molar-refractivity contribution in [3.63, 3.8) is 0 Å². The summed E-state index contributed by atoms with van der Waals surface area (Å²) in [5, 5.41) is 7.55. The quantitative estimate of drug-likeness (QED) is 0.173. The first-order valence-corrected chi connectivity index (χ1v) is 10.9. The molecule has 7 heteroatoms.